The molecule has 6 N–H and O–H groups in total. The molecule has 0 rings (SSSR count). The predicted molar refractivity (Wildman–Crippen MR) is 48.2 cm³/mol. The molecule has 0 aliphatic heterocycles. The minimum Gasteiger partial charge on any atom is -0.481 e. The van der Waals surface area contributed by atoms with Gasteiger partial charge in [0.05, 0.1) is 26.4 Å². The fourth-order valence-corrected chi connectivity index (χ4v) is 0.129. The summed E-state index contributed by atoms with van der Waals surface area (Å²) in [7, 11) is 0. The lowest BCUT2D eigenvalue weighted by atomic mass is 10.5. The molecule has 8 heteroatoms. The lowest BCUT2D eigenvalue weighted by Gasteiger charge is -1.80. The SMILES string of the molecule is O=C(O)CC(=O)O.OCCO.OCCO. The van der Waals surface area contributed by atoms with Crippen LogP contribution in [0, 0.1) is 0 Å². The van der Waals surface area contributed by atoms with Crippen LogP contribution in [0.15, 0.2) is 0 Å². The third-order valence-electron chi connectivity index (χ3n) is 0.502. The van der Waals surface area contributed by atoms with E-state index < -0.39 is 18.4 Å². The van der Waals surface area contributed by atoms with Gasteiger partial charge in [-0.1, -0.05) is 0 Å². The highest BCUT2D eigenvalue weighted by Gasteiger charge is 2.01. The van der Waals surface area contributed by atoms with Gasteiger partial charge in [-0.15, -0.1) is 0 Å². The van der Waals surface area contributed by atoms with Crippen LogP contribution in [-0.4, -0.2) is 69.0 Å². The first-order chi connectivity index (χ1) is 6.95. The summed E-state index contributed by atoms with van der Waals surface area (Å²) < 4.78 is 0. The lowest BCUT2D eigenvalue weighted by Crippen LogP contribution is -2.03. The van der Waals surface area contributed by atoms with Crippen LogP contribution in [0.1, 0.15) is 6.42 Å². The molecule has 0 fully saturated rings. The Labute approximate surface area is 86.0 Å². The van der Waals surface area contributed by atoms with E-state index in [1.807, 2.05) is 0 Å². The van der Waals surface area contributed by atoms with Crippen molar-refractivity contribution in [2.75, 3.05) is 26.4 Å². The van der Waals surface area contributed by atoms with Gasteiger partial charge in [-0.25, -0.2) is 0 Å². The maximum absolute atomic E-state index is 9.43. The van der Waals surface area contributed by atoms with Crippen molar-refractivity contribution >= 4 is 11.9 Å². The Kier molecular flexibility index (Phi) is 23.9. The first kappa shape index (κ1) is 19.4. The maximum atomic E-state index is 9.43. The third kappa shape index (κ3) is 65.0. The highest BCUT2D eigenvalue weighted by atomic mass is 16.4. The third-order valence-corrected chi connectivity index (χ3v) is 0.502. The molecule has 0 bridgehead atoms. The topological polar surface area (TPSA) is 156 Å². The van der Waals surface area contributed by atoms with E-state index >= 15 is 0 Å². The molecule has 0 spiro atoms. The number of rotatable bonds is 4. The van der Waals surface area contributed by atoms with E-state index in [1.165, 1.54) is 0 Å². The summed E-state index contributed by atoms with van der Waals surface area (Å²) in [6, 6.07) is 0. The van der Waals surface area contributed by atoms with Gasteiger partial charge in [-0.2, -0.15) is 0 Å². The first-order valence-corrected chi connectivity index (χ1v) is 3.83. The van der Waals surface area contributed by atoms with Crippen molar-refractivity contribution in [3.05, 3.63) is 0 Å². The van der Waals surface area contributed by atoms with E-state index in [0.717, 1.165) is 0 Å². The average molecular weight is 228 g/mol. The van der Waals surface area contributed by atoms with Gasteiger partial charge in [0.2, 0.25) is 0 Å². The molecule has 0 saturated carbocycles. The molecule has 8 nitrogen and oxygen atoms in total. The Bertz CT molecular complexity index is 126. The molecule has 0 aromatic carbocycles. The standard InChI is InChI=1S/C3H4O4.2C2H6O2/c4-2(5)1-3(6)7;2*3-1-2-4/h1H2,(H,4,5)(H,6,7);2*3-4H,1-2H2. The van der Waals surface area contributed by atoms with E-state index in [9.17, 15) is 9.59 Å². The number of aliphatic hydroxyl groups is 4. The van der Waals surface area contributed by atoms with Crippen LogP contribution in [-0.2, 0) is 9.59 Å². The molecule has 0 saturated heterocycles. The Balaban J connectivity index is -0.000000155. The molecule has 0 heterocycles. The number of carboxylic acids is 2. The summed E-state index contributed by atoms with van der Waals surface area (Å²) in [6.07, 6.45) is -0.806. The van der Waals surface area contributed by atoms with Gasteiger partial charge in [0, 0.05) is 0 Å². The minimum atomic E-state index is -1.31. The Morgan fingerprint density at radius 1 is 0.667 bits per heavy atom. The van der Waals surface area contributed by atoms with Crippen LogP contribution in [0.5, 0.6) is 0 Å². The summed E-state index contributed by atoms with van der Waals surface area (Å²) >= 11 is 0. The second kappa shape index (κ2) is 18.5. The van der Waals surface area contributed by atoms with Crippen LogP contribution in [0.2, 0.25) is 0 Å². The number of hydrogen-bond donors (Lipinski definition) is 6. The van der Waals surface area contributed by atoms with Crippen molar-refractivity contribution in [3.63, 3.8) is 0 Å². The van der Waals surface area contributed by atoms with E-state index in [2.05, 4.69) is 0 Å². The monoisotopic (exact) mass is 228 g/mol. The highest BCUT2D eigenvalue weighted by molar-refractivity contribution is 5.88. The zero-order chi connectivity index (χ0) is 12.7. The molecule has 0 aromatic rings. The van der Waals surface area contributed by atoms with Crippen LogP contribution in [0.3, 0.4) is 0 Å². The smallest absolute Gasteiger partial charge is 0.314 e. The summed E-state index contributed by atoms with van der Waals surface area (Å²) in [6.45, 7) is -0.500. The number of aliphatic hydroxyl groups excluding tert-OH is 4. The van der Waals surface area contributed by atoms with E-state index in [-0.39, 0.29) is 26.4 Å². The summed E-state index contributed by atoms with van der Waals surface area (Å²) in [4.78, 5) is 18.9. The van der Waals surface area contributed by atoms with E-state index in [4.69, 9.17) is 30.6 Å². The first-order valence-electron chi connectivity index (χ1n) is 3.83. The molecule has 0 unspecified atom stereocenters. The van der Waals surface area contributed by atoms with Gasteiger partial charge in [0.15, 0.2) is 0 Å². The van der Waals surface area contributed by atoms with Gasteiger partial charge >= 0.3 is 11.9 Å². The normalized spacial score (nSPS) is 7.73. The van der Waals surface area contributed by atoms with Crippen molar-refractivity contribution in [1.82, 2.24) is 0 Å². The molecule has 0 aromatic heterocycles. The Morgan fingerprint density at radius 3 is 0.867 bits per heavy atom. The van der Waals surface area contributed by atoms with Crippen LogP contribution >= 0.6 is 0 Å². The number of carbonyl (C=O) groups is 2. The lowest BCUT2D eigenvalue weighted by molar-refractivity contribution is -0.147. The number of hydrogen-bond acceptors (Lipinski definition) is 6. The van der Waals surface area contributed by atoms with Crippen LogP contribution in [0.25, 0.3) is 0 Å². The highest BCUT2D eigenvalue weighted by Crippen LogP contribution is 1.74. The second-order valence-corrected chi connectivity index (χ2v) is 1.86. The quantitative estimate of drug-likeness (QED) is 0.288. The average Bonchev–Trinajstić information content (AvgIpc) is 2.16. The second-order valence-electron chi connectivity index (χ2n) is 1.86. The molecule has 0 aliphatic carbocycles. The van der Waals surface area contributed by atoms with Gasteiger partial charge in [-0.3, -0.25) is 9.59 Å². The van der Waals surface area contributed by atoms with Gasteiger partial charge in [0.1, 0.15) is 6.42 Å². The fourth-order valence-electron chi connectivity index (χ4n) is 0.129. The molecule has 0 aliphatic rings. The van der Waals surface area contributed by atoms with E-state index in [1.54, 1.807) is 0 Å². The molecule has 0 amide bonds. The Hall–Kier alpha value is -1.22. The van der Waals surface area contributed by atoms with Crippen molar-refractivity contribution in [1.29, 1.82) is 0 Å². The zero-order valence-corrected chi connectivity index (χ0v) is 8.04. The minimum absolute atomic E-state index is 0.125. The van der Waals surface area contributed by atoms with Crippen LogP contribution in [0.4, 0.5) is 0 Å². The van der Waals surface area contributed by atoms with Crippen LogP contribution < -0.4 is 0 Å². The molecule has 0 radical (unpaired) electrons. The maximum Gasteiger partial charge on any atom is 0.314 e. The Morgan fingerprint density at radius 2 is 0.867 bits per heavy atom. The number of carboxylic acid groups (broad SMARTS) is 2. The van der Waals surface area contributed by atoms with Crippen molar-refractivity contribution < 1.29 is 40.2 Å². The fraction of sp³-hybridized carbons (Fsp3) is 0.714. The zero-order valence-electron chi connectivity index (χ0n) is 8.04. The summed E-state index contributed by atoms with van der Waals surface area (Å²) in [5.74, 6) is -2.62. The predicted octanol–water partition coefficient (Wildman–Crippen LogP) is -2.51. The molecule has 15 heavy (non-hydrogen) atoms. The molecular weight excluding hydrogens is 212 g/mol. The van der Waals surface area contributed by atoms with Crippen molar-refractivity contribution in [3.8, 4) is 0 Å². The van der Waals surface area contributed by atoms with Gasteiger partial charge in [0.25, 0.3) is 0 Å². The van der Waals surface area contributed by atoms with E-state index in [0.29, 0.717) is 0 Å². The summed E-state index contributed by atoms with van der Waals surface area (Å²) in [5, 5.41) is 45.9. The molecule has 92 valence electrons. The number of aliphatic carboxylic acids is 2. The largest absolute Gasteiger partial charge is 0.481 e. The molecular formula is C7H16O8. The summed E-state index contributed by atoms with van der Waals surface area (Å²) in [5.41, 5.74) is 0. The van der Waals surface area contributed by atoms with Crippen molar-refractivity contribution in [2.45, 2.75) is 6.42 Å². The van der Waals surface area contributed by atoms with Gasteiger partial charge in [-0.05, 0) is 0 Å². The molecule has 0 atom stereocenters. The van der Waals surface area contributed by atoms with Crippen molar-refractivity contribution in [2.24, 2.45) is 0 Å². The van der Waals surface area contributed by atoms with Gasteiger partial charge < -0.3 is 30.6 Å².